The Balaban J connectivity index is 0.000000422. The lowest BCUT2D eigenvalue weighted by molar-refractivity contribution is -0.137. The summed E-state index contributed by atoms with van der Waals surface area (Å²) in [6, 6.07) is 11.0. The Morgan fingerprint density at radius 2 is 0.982 bits per heavy atom. The highest BCUT2D eigenvalue weighted by molar-refractivity contribution is 5.81. The van der Waals surface area contributed by atoms with Gasteiger partial charge in [0.1, 0.15) is 0 Å². The maximum absolute atomic E-state index is 10.3. The van der Waals surface area contributed by atoms with Crippen LogP contribution in [0.1, 0.15) is 122 Å². The summed E-state index contributed by atoms with van der Waals surface area (Å²) in [6.07, 6.45) is 31.4. The number of carbonyl (C=O) groups excluding carboxylic acids is 1. The maximum Gasteiger partial charge on any atom is 0.330 e. The van der Waals surface area contributed by atoms with E-state index < -0.39 is 0 Å². The summed E-state index contributed by atoms with van der Waals surface area (Å²) in [5.41, 5.74) is 1.33. The van der Waals surface area contributed by atoms with Crippen molar-refractivity contribution in [1.82, 2.24) is 42.5 Å². The Morgan fingerprint density at radius 3 is 1.40 bits per heavy atom. The molecule has 0 amide bonds. The molecular weight excluding hydrogens is 709 g/mol. The number of allylic oxidation sites excluding steroid dienone is 1. The second-order valence-electron chi connectivity index (χ2n) is 19.3. The summed E-state index contributed by atoms with van der Waals surface area (Å²) in [7, 11) is 0. The number of esters is 1. The van der Waals surface area contributed by atoms with Crippen molar-refractivity contribution in [2.75, 3.05) is 6.61 Å². The molecule has 0 spiro atoms. The molecule has 17 atom stereocenters. The zero-order chi connectivity index (χ0) is 38.7. The van der Waals surface area contributed by atoms with Crippen molar-refractivity contribution < 1.29 is 9.53 Å². The average molecular weight is 783 g/mol. The molecular formula is C47H74N8O2. The first kappa shape index (κ1) is 40.3. The minimum atomic E-state index is -0.330. The van der Waals surface area contributed by atoms with Crippen LogP contribution >= 0.6 is 0 Å². The highest BCUT2D eigenvalue weighted by Crippen LogP contribution is 2.47. The summed E-state index contributed by atoms with van der Waals surface area (Å²) in [5, 5.41) is 34.2. The fraction of sp³-hybridized carbons (Fsp3) is 0.766. The molecule has 1 aromatic rings. The minimum Gasteiger partial charge on any atom is -0.463 e. The molecule has 4 saturated carbocycles. The molecule has 5 saturated heterocycles. The van der Waals surface area contributed by atoms with Crippen LogP contribution < -0.4 is 42.5 Å². The number of carbonyl (C=O) groups is 1. The highest BCUT2D eigenvalue weighted by Gasteiger charge is 2.55. The zero-order valence-electron chi connectivity index (χ0n) is 34.7. The van der Waals surface area contributed by atoms with Crippen LogP contribution in [0.25, 0.3) is 6.08 Å². The predicted molar refractivity (Wildman–Crippen MR) is 228 cm³/mol. The van der Waals surface area contributed by atoms with Crippen LogP contribution in [-0.2, 0) is 9.53 Å². The van der Waals surface area contributed by atoms with Crippen molar-refractivity contribution >= 4 is 12.0 Å². The molecule has 8 N–H and O–H groups in total. The molecule has 10 heteroatoms. The molecule has 9 aliphatic rings. The van der Waals surface area contributed by atoms with Gasteiger partial charge in [-0.05, 0) is 117 Å². The Morgan fingerprint density at radius 1 is 0.579 bits per heavy atom. The van der Waals surface area contributed by atoms with E-state index in [1.165, 1.54) is 108 Å². The predicted octanol–water partition coefficient (Wildman–Crippen LogP) is 6.06. The van der Waals surface area contributed by atoms with Gasteiger partial charge in [-0.3, -0.25) is 42.5 Å². The van der Waals surface area contributed by atoms with E-state index in [-0.39, 0.29) is 5.97 Å². The Labute approximate surface area is 343 Å². The fourth-order valence-electron chi connectivity index (χ4n) is 13.5. The second kappa shape index (κ2) is 18.6. The molecule has 4 aliphatic carbocycles. The SMILES string of the molecule is C(=CC1CCCC2C3NC4NC(NC5NC(NC6NC(NC(N3)C12)C1CCCCC61)C1CCCCC51)C1CCCCC41)c1ccccc1.C=CC(=O)OCCCC. The van der Waals surface area contributed by atoms with Crippen LogP contribution in [0, 0.1) is 53.3 Å². The quantitative estimate of drug-likeness (QED) is 0.0983. The number of nitrogens with one attached hydrogen (secondary N) is 8. The molecule has 5 heterocycles. The number of hydrogen-bond acceptors (Lipinski definition) is 10. The summed E-state index contributed by atoms with van der Waals surface area (Å²) < 4.78 is 4.67. The number of fused-ring (bicyclic) bond motifs is 20. The van der Waals surface area contributed by atoms with Crippen molar-refractivity contribution in [3.05, 3.63) is 54.6 Å². The third kappa shape index (κ3) is 8.72. The molecule has 17 unspecified atom stereocenters. The van der Waals surface area contributed by atoms with Gasteiger partial charge in [0.15, 0.2) is 0 Å². The molecule has 57 heavy (non-hydrogen) atoms. The molecule has 0 aromatic heterocycles. The van der Waals surface area contributed by atoms with Crippen LogP contribution in [0.4, 0.5) is 0 Å². The first-order valence-corrected chi connectivity index (χ1v) is 23.7. The number of unbranched alkanes of at least 4 members (excludes halogenated alkanes) is 1. The van der Waals surface area contributed by atoms with Gasteiger partial charge in [-0.2, -0.15) is 0 Å². The molecule has 10 nitrogen and oxygen atoms in total. The van der Waals surface area contributed by atoms with Crippen LogP contribution in [-0.4, -0.2) is 61.9 Å². The molecule has 1 aromatic carbocycles. The van der Waals surface area contributed by atoms with Gasteiger partial charge in [0.2, 0.25) is 0 Å². The zero-order valence-corrected chi connectivity index (χ0v) is 34.7. The topological polar surface area (TPSA) is 123 Å². The highest BCUT2D eigenvalue weighted by atomic mass is 16.5. The summed E-state index contributed by atoms with van der Waals surface area (Å²) in [5.74, 6) is 5.72. The van der Waals surface area contributed by atoms with Crippen LogP contribution in [0.2, 0.25) is 0 Å². The van der Waals surface area contributed by atoms with Crippen LogP contribution in [0.5, 0.6) is 0 Å². The summed E-state index contributed by atoms with van der Waals surface area (Å²) in [4.78, 5) is 10.3. The van der Waals surface area contributed by atoms with Gasteiger partial charge in [0.25, 0.3) is 0 Å². The number of hydrogen-bond donors (Lipinski definition) is 8. The first-order chi connectivity index (χ1) is 28.1. The first-order valence-electron chi connectivity index (χ1n) is 23.7. The van der Waals surface area contributed by atoms with E-state index in [2.05, 4.69) is 96.3 Å². The Hall–Kier alpha value is -2.15. The van der Waals surface area contributed by atoms with Crippen LogP contribution in [0.3, 0.4) is 0 Å². The lowest BCUT2D eigenvalue weighted by atomic mass is 9.71. The number of benzene rings is 1. The standard InChI is InChI=1S/C40H62N8.C7H12O2/c1-2-11-23(12-3-1)21-22-24-13-10-20-31-32(24)40-47-38-30-19-9-8-18-29(30)36(45-38)43-34-26-15-5-4-14-25(26)33(41-34)42-35-27-16-6-7-17-28(27)37(44-35)46-39(31)48-40;1-3-5-6-9-7(8)4-2/h1-3,11-12,21-22,24-48H,4-10,13-20H2;4H,2-3,5-6H2,1H3. The third-order valence-electron chi connectivity index (χ3n) is 16.2. The van der Waals surface area contributed by atoms with Crippen molar-refractivity contribution in [2.24, 2.45) is 53.3 Å². The fourth-order valence-corrected chi connectivity index (χ4v) is 13.5. The summed E-state index contributed by atoms with van der Waals surface area (Å²) >= 11 is 0. The van der Waals surface area contributed by atoms with Gasteiger partial charge in [-0.25, -0.2) is 4.79 Å². The van der Waals surface area contributed by atoms with Crippen molar-refractivity contribution in [2.45, 2.75) is 165 Å². The second-order valence-corrected chi connectivity index (χ2v) is 19.3. The van der Waals surface area contributed by atoms with Crippen molar-refractivity contribution in [1.29, 1.82) is 0 Å². The van der Waals surface area contributed by atoms with Gasteiger partial charge in [0, 0.05) is 6.08 Å². The van der Waals surface area contributed by atoms with Crippen molar-refractivity contribution in [3.8, 4) is 0 Å². The van der Waals surface area contributed by atoms with E-state index in [0.29, 0.717) is 97.4 Å². The third-order valence-corrected chi connectivity index (χ3v) is 16.2. The Kier molecular flexibility index (Phi) is 13.2. The van der Waals surface area contributed by atoms with E-state index in [4.69, 9.17) is 0 Å². The van der Waals surface area contributed by atoms with E-state index in [1.54, 1.807) is 0 Å². The molecule has 8 bridgehead atoms. The van der Waals surface area contributed by atoms with E-state index >= 15 is 0 Å². The smallest absolute Gasteiger partial charge is 0.330 e. The number of ether oxygens (including phenoxy) is 1. The number of rotatable bonds is 6. The van der Waals surface area contributed by atoms with Crippen molar-refractivity contribution in [3.63, 3.8) is 0 Å². The minimum absolute atomic E-state index is 0.305. The van der Waals surface area contributed by atoms with E-state index in [0.717, 1.165) is 24.7 Å². The molecule has 10 rings (SSSR count). The molecule has 314 valence electrons. The van der Waals surface area contributed by atoms with Gasteiger partial charge in [0.05, 0.1) is 55.9 Å². The van der Waals surface area contributed by atoms with Gasteiger partial charge < -0.3 is 4.74 Å². The lowest BCUT2D eigenvalue weighted by Gasteiger charge is -2.38. The molecule has 9 fully saturated rings. The normalized spacial score (nSPS) is 44.8. The monoisotopic (exact) mass is 783 g/mol. The van der Waals surface area contributed by atoms with E-state index in [1.807, 2.05) is 6.92 Å². The largest absolute Gasteiger partial charge is 0.463 e. The van der Waals surface area contributed by atoms with E-state index in [9.17, 15) is 4.79 Å². The van der Waals surface area contributed by atoms with Gasteiger partial charge in [-0.15, -0.1) is 0 Å². The maximum atomic E-state index is 10.3. The van der Waals surface area contributed by atoms with Crippen LogP contribution in [0.15, 0.2) is 49.1 Å². The molecule has 5 aliphatic heterocycles. The Bertz CT molecular complexity index is 1510. The van der Waals surface area contributed by atoms with Gasteiger partial charge >= 0.3 is 5.97 Å². The van der Waals surface area contributed by atoms with Gasteiger partial charge in [-0.1, -0.05) is 107 Å². The lowest BCUT2D eigenvalue weighted by Crippen LogP contribution is -2.61. The average Bonchev–Trinajstić information content (AvgIpc) is 3.99. The summed E-state index contributed by atoms with van der Waals surface area (Å²) in [6.45, 7) is 5.82. The molecule has 0 radical (unpaired) electrons.